The molecule has 0 N–H and O–H groups in total. The Morgan fingerprint density at radius 2 is 1.59 bits per heavy atom. The highest BCUT2D eigenvalue weighted by atomic mass is 32.1. The first-order chi connectivity index (χ1) is 18.8. The van der Waals surface area contributed by atoms with Crippen molar-refractivity contribution >= 4 is 23.2 Å². The van der Waals surface area contributed by atoms with Crippen LogP contribution in [0, 0.1) is 12.7 Å². The SMILES string of the molecule is COCCCN(CC(=O)N(CCc1ccc(OC)c(OC)c1)Cc1sccc1C)C(=O)Cc1ccc(F)cc1. The molecule has 0 aliphatic rings. The summed E-state index contributed by atoms with van der Waals surface area (Å²) in [5, 5.41) is 2.02. The maximum atomic E-state index is 13.7. The third-order valence-corrected chi connectivity index (χ3v) is 7.51. The van der Waals surface area contributed by atoms with Crippen LogP contribution in [0.25, 0.3) is 0 Å². The Hall–Kier alpha value is -3.43. The lowest BCUT2D eigenvalue weighted by Crippen LogP contribution is -2.44. The summed E-state index contributed by atoms with van der Waals surface area (Å²) in [4.78, 5) is 31.4. The number of halogens is 1. The third-order valence-electron chi connectivity index (χ3n) is 6.50. The topological polar surface area (TPSA) is 68.3 Å². The van der Waals surface area contributed by atoms with Gasteiger partial charge in [0.2, 0.25) is 11.8 Å². The van der Waals surface area contributed by atoms with Crippen molar-refractivity contribution in [2.45, 2.75) is 32.7 Å². The second kappa shape index (κ2) is 15.2. The minimum Gasteiger partial charge on any atom is -0.493 e. The number of methoxy groups -OCH3 is 3. The van der Waals surface area contributed by atoms with Crippen molar-refractivity contribution < 1.29 is 28.2 Å². The normalized spacial score (nSPS) is 10.8. The first-order valence-electron chi connectivity index (χ1n) is 12.9. The summed E-state index contributed by atoms with van der Waals surface area (Å²) >= 11 is 1.61. The summed E-state index contributed by atoms with van der Waals surface area (Å²) in [6.07, 6.45) is 1.31. The van der Waals surface area contributed by atoms with Gasteiger partial charge in [0, 0.05) is 31.7 Å². The minimum absolute atomic E-state index is 0.0416. The summed E-state index contributed by atoms with van der Waals surface area (Å²) in [6.45, 7) is 3.80. The molecule has 0 saturated heterocycles. The van der Waals surface area contributed by atoms with E-state index in [1.54, 1.807) is 49.7 Å². The maximum absolute atomic E-state index is 13.7. The molecule has 1 aromatic heterocycles. The van der Waals surface area contributed by atoms with E-state index in [1.165, 1.54) is 12.1 Å². The van der Waals surface area contributed by atoms with Gasteiger partial charge >= 0.3 is 0 Å². The number of aryl methyl sites for hydroxylation is 1. The van der Waals surface area contributed by atoms with Crippen LogP contribution in [-0.2, 0) is 33.7 Å². The number of thiophene rings is 1. The van der Waals surface area contributed by atoms with E-state index in [-0.39, 0.29) is 30.6 Å². The van der Waals surface area contributed by atoms with Crippen molar-refractivity contribution in [2.75, 3.05) is 47.6 Å². The average Bonchev–Trinajstić information content (AvgIpc) is 3.35. The molecule has 210 valence electrons. The van der Waals surface area contributed by atoms with Crippen molar-refractivity contribution in [3.63, 3.8) is 0 Å². The van der Waals surface area contributed by atoms with E-state index in [9.17, 15) is 14.0 Å². The van der Waals surface area contributed by atoms with E-state index in [0.29, 0.717) is 56.1 Å². The number of rotatable bonds is 15. The molecule has 1 heterocycles. The number of ether oxygens (including phenoxy) is 3. The van der Waals surface area contributed by atoms with Crippen LogP contribution in [0.15, 0.2) is 53.9 Å². The zero-order chi connectivity index (χ0) is 28.2. The van der Waals surface area contributed by atoms with E-state index in [0.717, 1.165) is 16.0 Å². The van der Waals surface area contributed by atoms with Crippen LogP contribution in [0.4, 0.5) is 4.39 Å². The predicted octanol–water partition coefficient (Wildman–Crippen LogP) is 4.89. The lowest BCUT2D eigenvalue weighted by Gasteiger charge is -2.28. The second-order valence-corrected chi connectivity index (χ2v) is 10.2. The van der Waals surface area contributed by atoms with Crippen molar-refractivity contribution in [3.8, 4) is 11.5 Å². The Kier molecular flexibility index (Phi) is 11.8. The number of carbonyl (C=O) groups excluding carboxylic acids is 2. The quantitative estimate of drug-likeness (QED) is 0.249. The Bertz CT molecular complexity index is 1210. The standard InChI is InChI=1S/C30H37FN2O5S/c1-22-13-17-39-28(22)20-33(15-12-24-8-11-26(37-3)27(18-24)38-4)30(35)21-32(14-5-16-36-2)29(34)19-23-6-9-25(31)10-7-23/h6-11,13,17-18H,5,12,14-16,19-21H2,1-4H3. The van der Waals surface area contributed by atoms with Gasteiger partial charge in [0.15, 0.2) is 11.5 Å². The summed E-state index contributed by atoms with van der Waals surface area (Å²) in [5.74, 6) is 0.617. The molecule has 0 radical (unpaired) electrons. The first kappa shape index (κ1) is 30.1. The lowest BCUT2D eigenvalue weighted by molar-refractivity contribution is -0.140. The van der Waals surface area contributed by atoms with E-state index in [4.69, 9.17) is 14.2 Å². The van der Waals surface area contributed by atoms with Gasteiger partial charge in [-0.2, -0.15) is 0 Å². The van der Waals surface area contributed by atoms with Gasteiger partial charge in [-0.3, -0.25) is 9.59 Å². The second-order valence-electron chi connectivity index (χ2n) is 9.25. The number of nitrogens with zero attached hydrogens (tertiary/aromatic N) is 2. The molecule has 2 amide bonds. The monoisotopic (exact) mass is 556 g/mol. The van der Waals surface area contributed by atoms with Crippen LogP contribution >= 0.6 is 11.3 Å². The van der Waals surface area contributed by atoms with E-state index < -0.39 is 0 Å². The molecule has 0 unspecified atom stereocenters. The molecule has 0 saturated carbocycles. The van der Waals surface area contributed by atoms with Crippen molar-refractivity contribution in [3.05, 3.63) is 81.3 Å². The molecule has 0 spiro atoms. The highest BCUT2D eigenvalue weighted by molar-refractivity contribution is 7.10. The van der Waals surface area contributed by atoms with Crippen molar-refractivity contribution in [1.29, 1.82) is 0 Å². The third kappa shape index (κ3) is 9.07. The Morgan fingerprint density at radius 1 is 0.872 bits per heavy atom. The molecule has 0 aliphatic carbocycles. The first-order valence-corrected chi connectivity index (χ1v) is 13.7. The number of hydrogen-bond acceptors (Lipinski definition) is 6. The summed E-state index contributed by atoms with van der Waals surface area (Å²) in [7, 11) is 4.80. The molecular weight excluding hydrogens is 519 g/mol. The van der Waals surface area contributed by atoms with Gasteiger partial charge in [0.1, 0.15) is 5.82 Å². The average molecular weight is 557 g/mol. The summed E-state index contributed by atoms with van der Waals surface area (Å²) < 4.78 is 29.3. The maximum Gasteiger partial charge on any atom is 0.242 e. The highest BCUT2D eigenvalue weighted by Gasteiger charge is 2.23. The molecule has 0 atom stereocenters. The molecule has 0 fully saturated rings. The zero-order valence-corrected chi connectivity index (χ0v) is 23.9. The lowest BCUT2D eigenvalue weighted by atomic mass is 10.1. The van der Waals surface area contributed by atoms with Crippen LogP contribution in [-0.4, -0.2) is 69.2 Å². The van der Waals surface area contributed by atoms with Gasteiger partial charge in [-0.1, -0.05) is 18.2 Å². The van der Waals surface area contributed by atoms with Crippen LogP contribution in [0.3, 0.4) is 0 Å². The highest BCUT2D eigenvalue weighted by Crippen LogP contribution is 2.28. The van der Waals surface area contributed by atoms with Crippen LogP contribution in [0.2, 0.25) is 0 Å². The molecule has 2 aromatic carbocycles. The molecule has 39 heavy (non-hydrogen) atoms. The zero-order valence-electron chi connectivity index (χ0n) is 23.1. The van der Waals surface area contributed by atoms with Gasteiger partial charge in [-0.25, -0.2) is 4.39 Å². The van der Waals surface area contributed by atoms with Gasteiger partial charge < -0.3 is 24.0 Å². The number of amides is 2. The van der Waals surface area contributed by atoms with Crippen LogP contribution in [0.5, 0.6) is 11.5 Å². The number of carbonyl (C=O) groups is 2. The molecule has 9 heteroatoms. The number of hydrogen-bond donors (Lipinski definition) is 0. The number of benzene rings is 2. The molecule has 3 rings (SSSR count). The largest absolute Gasteiger partial charge is 0.493 e. The van der Waals surface area contributed by atoms with Gasteiger partial charge in [-0.15, -0.1) is 11.3 Å². The van der Waals surface area contributed by atoms with E-state index >= 15 is 0 Å². The summed E-state index contributed by atoms with van der Waals surface area (Å²) in [5.41, 5.74) is 2.84. The fraction of sp³-hybridized carbons (Fsp3) is 0.400. The van der Waals surface area contributed by atoms with Gasteiger partial charge in [-0.05, 0) is 72.2 Å². The van der Waals surface area contributed by atoms with Gasteiger partial charge in [0.25, 0.3) is 0 Å². The van der Waals surface area contributed by atoms with Crippen LogP contribution < -0.4 is 9.47 Å². The van der Waals surface area contributed by atoms with Gasteiger partial charge in [0.05, 0.1) is 33.7 Å². The van der Waals surface area contributed by atoms with Crippen LogP contribution in [0.1, 0.15) is 28.0 Å². The molecule has 0 aliphatic heterocycles. The summed E-state index contributed by atoms with van der Waals surface area (Å²) in [6, 6.07) is 13.6. The molecule has 3 aromatic rings. The Morgan fingerprint density at radius 3 is 2.23 bits per heavy atom. The Labute approximate surface area is 234 Å². The fourth-order valence-corrected chi connectivity index (χ4v) is 5.10. The van der Waals surface area contributed by atoms with E-state index in [2.05, 4.69) is 0 Å². The molecule has 0 bridgehead atoms. The van der Waals surface area contributed by atoms with Crippen molar-refractivity contribution in [1.82, 2.24) is 9.80 Å². The van der Waals surface area contributed by atoms with Crippen molar-refractivity contribution in [2.24, 2.45) is 0 Å². The minimum atomic E-state index is -0.354. The smallest absolute Gasteiger partial charge is 0.242 e. The fourth-order valence-electron chi connectivity index (χ4n) is 4.18. The Balaban J connectivity index is 1.76. The molecular formula is C30H37FN2O5S. The predicted molar refractivity (Wildman–Crippen MR) is 151 cm³/mol. The van der Waals surface area contributed by atoms with E-state index in [1.807, 2.05) is 41.5 Å². The molecule has 7 nitrogen and oxygen atoms in total.